The summed E-state index contributed by atoms with van der Waals surface area (Å²) in [6.07, 6.45) is 1.87. The van der Waals surface area contributed by atoms with Crippen LogP contribution < -0.4 is 0 Å². The normalized spacial score (nSPS) is 11.1. The summed E-state index contributed by atoms with van der Waals surface area (Å²) in [6, 6.07) is 26.0. The summed E-state index contributed by atoms with van der Waals surface area (Å²) >= 11 is 0. The zero-order valence-electron chi connectivity index (χ0n) is 13.9. The van der Waals surface area contributed by atoms with E-state index in [-0.39, 0.29) is 0 Å². The van der Waals surface area contributed by atoms with Gasteiger partial charge in [-0.05, 0) is 18.2 Å². The lowest BCUT2D eigenvalue weighted by atomic mass is 10.1. The van der Waals surface area contributed by atoms with Gasteiger partial charge in [-0.3, -0.25) is 4.98 Å². The highest BCUT2D eigenvalue weighted by Crippen LogP contribution is 2.22. The van der Waals surface area contributed by atoms with Crippen molar-refractivity contribution in [3.05, 3.63) is 85.1 Å². The molecule has 0 spiro atoms. The molecular formula is C21H15N5. The third-order valence-corrected chi connectivity index (χ3v) is 4.36. The lowest BCUT2D eigenvalue weighted by molar-refractivity contribution is 0.880. The van der Waals surface area contributed by atoms with E-state index >= 15 is 0 Å². The van der Waals surface area contributed by atoms with Crippen molar-refractivity contribution >= 4 is 27.6 Å². The Balaban J connectivity index is 2.04. The highest BCUT2D eigenvalue weighted by molar-refractivity contribution is 5.85. The molecule has 5 heteroatoms. The molecule has 0 atom stereocenters. The largest absolute Gasteiger partial charge is 0.254 e. The van der Waals surface area contributed by atoms with E-state index in [9.17, 15) is 0 Å². The van der Waals surface area contributed by atoms with E-state index in [1.807, 2.05) is 89.6 Å². The average Bonchev–Trinajstić information content (AvgIpc) is 3.13. The summed E-state index contributed by atoms with van der Waals surface area (Å²) < 4.78 is 1.91. The molecule has 26 heavy (non-hydrogen) atoms. The molecule has 0 aliphatic rings. The lowest BCUT2D eigenvalue weighted by Crippen LogP contribution is -1.89. The maximum atomic E-state index is 4.91. The number of rotatable bonds is 1. The first-order chi connectivity index (χ1) is 12.9. The van der Waals surface area contributed by atoms with Crippen molar-refractivity contribution in [1.82, 2.24) is 24.8 Å². The molecule has 0 fully saturated rings. The number of H-pyrrole nitrogens is 1. The van der Waals surface area contributed by atoms with Gasteiger partial charge in [0.25, 0.3) is 0 Å². The fraction of sp³-hybridized carbons (Fsp3) is 0. The molecule has 0 aliphatic carbocycles. The van der Waals surface area contributed by atoms with Crippen LogP contribution in [-0.2, 0) is 0 Å². The minimum atomic E-state index is 0.751. The van der Waals surface area contributed by atoms with Gasteiger partial charge < -0.3 is 0 Å². The number of aromatic nitrogens is 5. The van der Waals surface area contributed by atoms with E-state index in [0.717, 1.165) is 38.8 Å². The highest BCUT2D eigenvalue weighted by Gasteiger charge is 2.10. The van der Waals surface area contributed by atoms with Crippen molar-refractivity contribution in [1.29, 1.82) is 0 Å². The maximum Gasteiger partial charge on any atom is 0.182 e. The van der Waals surface area contributed by atoms with Crippen LogP contribution in [0.1, 0.15) is 0 Å². The predicted molar refractivity (Wildman–Crippen MR) is 103 cm³/mol. The monoisotopic (exact) mass is 337 g/mol. The first-order valence-electron chi connectivity index (χ1n) is 8.40. The van der Waals surface area contributed by atoms with Crippen LogP contribution in [0.3, 0.4) is 0 Å². The first-order valence-corrected chi connectivity index (χ1v) is 8.40. The van der Waals surface area contributed by atoms with Crippen LogP contribution in [-0.4, -0.2) is 24.8 Å². The minimum absolute atomic E-state index is 0.751. The Hall–Kier alpha value is -3.73. The molecule has 0 unspecified atom stereocenters. The number of benzene rings is 3. The van der Waals surface area contributed by atoms with Crippen LogP contribution in [0, 0.1) is 0 Å². The van der Waals surface area contributed by atoms with E-state index in [1.165, 1.54) is 0 Å². The Bertz CT molecular complexity index is 1280. The summed E-state index contributed by atoms with van der Waals surface area (Å²) in [6.45, 7) is 0. The van der Waals surface area contributed by atoms with Crippen molar-refractivity contribution in [3.8, 4) is 11.3 Å². The van der Waals surface area contributed by atoms with Crippen LogP contribution in [0.15, 0.2) is 85.1 Å². The molecule has 5 nitrogen and oxygen atoms in total. The standard InChI is InChI=1S/C21H15N5/c1-2-8-15(9-3-1)20-21-23-18-12-6-5-11-17(18)22-14-16-10-4-7-13-19(16)26(21)25-24-20/h1-14,25H. The van der Waals surface area contributed by atoms with Crippen LogP contribution in [0.25, 0.3) is 38.8 Å². The molecule has 5 aromatic rings. The van der Waals surface area contributed by atoms with Crippen LogP contribution >= 0.6 is 0 Å². The number of hydrogen-bond donors (Lipinski definition) is 1. The van der Waals surface area contributed by atoms with Crippen LogP contribution in [0.2, 0.25) is 0 Å². The zero-order valence-corrected chi connectivity index (χ0v) is 13.9. The van der Waals surface area contributed by atoms with Crippen molar-refractivity contribution in [2.75, 3.05) is 0 Å². The Morgan fingerprint density at radius 1 is 0.731 bits per heavy atom. The van der Waals surface area contributed by atoms with Gasteiger partial charge in [-0.15, -0.1) is 0 Å². The first kappa shape index (κ1) is 14.6. The third-order valence-electron chi connectivity index (χ3n) is 4.36. The molecule has 2 heterocycles. The van der Waals surface area contributed by atoms with Gasteiger partial charge in [0, 0.05) is 17.1 Å². The van der Waals surface area contributed by atoms with E-state index in [1.54, 1.807) is 0 Å². The summed E-state index contributed by atoms with van der Waals surface area (Å²) in [4.78, 5) is 9.56. The zero-order chi connectivity index (χ0) is 17.3. The van der Waals surface area contributed by atoms with Crippen molar-refractivity contribution < 1.29 is 0 Å². The molecule has 124 valence electrons. The Labute approximate surface area is 149 Å². The van der Waals surface area contributed by atoms with Gasteiger partial charge in [0.15, 0.2) is 5.65 Å². The van der Waals surface area contributed by atoms with Gasteiger partial charge in [-0.25, -0.2) is 14.7 Å². The van der Waals surface area contributed by atoms with E-state index in [0.29, 0.717) is 0 Å². The maximum absolute atomic E-state index is 4.91. The van der Waals surface area contributed by atoms with Gasteiger partial charge in [-0.1, -0.05) is 60.7 Å². The Kier molecular flexibility index (Phi) is 3.35. The van der Waals surface area contributed by atoms with Gasteiger partial charge in [0.05, 0.1) is 16.6 Å². The van der Waals surface area contributed by atoms with E-state index in [4.69, 9.17) is 4.98 Å². The predicted octanol–water partition coefficient (Wildman–Crippen LogP) is 4.55. The molecule has 0 radical (unpaired) electrons. The number of fused-ring (bicyclic) bond motifs is 4. The van der Waals surface area contributed by atoms with Gasteiger partial charge in [-0.2, -0.15) is 5.10 Å². The number of para-hydroxylation sites is 3. The van der Waals surface area contributed by atoms with E-state index < -0.39 is 0 Å². The fourth-order valence-corrected chi connectivity index (χ4v) is 3.09. The summed E-state index contributed by atoms with van der Waals surface area (Å²) in [5.74, 6) is 0. The second-order valence-electron chi connectivity index (χ2n) is 6.00. The summed E-state index contributed by atoms with van der Waals surface area (Å²) in [5, 5.41) is 8.67. The molecule has 5 rings (SSSR count). The van der Waals surface area contributed by atoms with Crippen molar-refractivity contribution in [2.24, 2.45) is 0 Å². The number of nitrogens with zero attached hydrogens (tertiary/aromatic N) is 4. The highest BCUT2D eigenvalue weighted by atomic mass is 15.4. The summed E-state index contributed by atoms with van der Waals surface area (Å²) in [5.41, 5.74) is 5.16. The van der Waals surface area contributed by atoms with Crippen LogP contribution in [0.5, 0.6) is 0 Å². The molecule has 0 bridgehead atoms. The lowest BCUT2D eigenvalue weighted by Gasteiger charge is -1.97. The Morgan fingerprint density at radius 2 is 1.46 bits per heavy atom. The molecule has 2 aromatic heterocycles. The summed E-state index contributed by atoms with van der Waals surface area (Å²) in [7, 11) is 0. The van der Waals surface area contributed by atoms with Crippen molar-refractivity contribution in [2.45, 2.75) is 0 Å². The number of nitrogens with one attached hydrogen (secondary N) is 1. The molecule has 0 saturated carbocycles. The van der Waals surface area contributed by atoms with Crippen molar-refractivity contribution in [3.63, 3.8) is 0 Å². The molecule has 1 N–H and O–H groups in total. The van der Waals surface area contributed by atoms with Gasteiger partial charge in [0.1, 0.15) is 5.69 Å². The quantitative estimate of drug-likeness (QED) is 0.488. The second-order valence-corrected chi connectivity index (χ2v) is 6.00. The SMILES string of the molecule is c1ccc(-c2n[nH]n3c2nc2ccccc2ncc2ccccc23)cc1. The molecular weight excluding hydrogens is 322 g/mol. The molecule has 3 aromatic carbocycles. The average molecular weight is 337 g/mol. The molecule has 0 aliphatic heterocycles. The molecule has 0 amide bonds. The van der Waals surface area contributed by atoms with Crippen LogP contribution in [0.4, 0.5) is 0 Å². The van der Waals surface area contributed by atoms with Gasteiger partial charge in [0.2, 0.25) is 0 Å². The minimum Gasteiger partial charge on any atom is -0.254 e. The second kappa shape index (κ2) is 5.97. The molecule has 0 saturated heterocycles. The smallest absolute Gasteiger partial charge is 0.182 e. The fourth-order valence-electron chi connectivity index (χ4n) is 3.09. The Morgan fingerprint density at radius 3 is 2.35 bits per heavy atom. The number of aromatic amines is 1. The topological polar surface area (TPSA) is 58.9 Å². The van der Waals surface area contributed by atoms with E-state index in [2.05, 4.69) is 15.3 Å². The third kappa shape index (κ3) is 2.38. The van der Waals surface area contributed by atoms with Gasteiger partial charge >= 0.3 is 0 Å². The number of hydrogen-bond acceptors (Lipinski definition) is 3.